The number of nitro groups is 1. The van der Waals surface area contributed by atoms with Gasteiger partial charge in [-0.25, -0.2) is 5.11 Å². The van der Waals surface area contributed by atoms with Crippen LogP contribution < -0.4 is 9.47 Å². The Morgan fingerprint density at radius 2 is 1.85 bits per heavy atom. The summed E-state index contributed by atoms with van der Waals surface area (Å²) in [6.07, 6.45) is 2.72. The van der Waals surface area contributed by atoms with Gasteiger partial charge in [0, 0.05) is 24.1 Å². The Labute approximate surface area is 154 Å². The van der Waals surface area contributed by atoms with Gasteiger partial charge in [0.05, 0.1) is 11.0 Å². The van der Waals surface area contributed by atoms with Gasteiger partial charge in [-0.15, -0.1) is 0 Å². The van der Waals surface area contributed by atoms with E-state index in [9.17, 15) is 15.2 Å². The van der Waals surface area contributed by atoms with Gasteiger partial charge in [0.2, 0.25) is 5.75 Å². The fourth-order valence-electron chi connectivity index (χ4n) is 3.96. The molecule has 1 fully saturated rings. The maximum atomic E-state index is 13.0. The SMILES string of the molecule is CC1(C)Cc2cc([N+](=O)[O-])c(OC3CCC([O])(C(C)(C)C)CC3)cc2O1. The van der Waals surface area contributed by atoms with Gasteiger partial charge in [-0.1, -0.05) is 20.8 Å². The van der Waals surface area contributed by atoms with Crippen molar-refractivity contribution in [3.8, 4) is 11.5 Å². The van der Waals surface area contributed by atoms with Gasteiger partial charge >= 0.3 is 5.69 Å². The number of benzene rings is 1. The van der Waals surface area contributed by atoms with Crippen LogP contribution in [0.4, 0.5) is 5.69 Å². The van der Waals surface area contributed by atoms with Gasteiger partial charge < -0.3 is 9.47 Å². The van der Waals surface area contributed by atoms with Crippen molar-refractivity contribution < 1.29 is 19.5 Å². The zero-order valence-electron chi connectivity index (χ0n) is 16.3. The summed E-state index contributed by atoms with van der Waals surface area (Å²) in [4.78, 5) is 11.1. The lowest BCUT2D eigenvalue weighted by Crippen LogP contribution is -2.46. The number of nitrogens with zero attached hydrogens (tertiary/aromatic N) is 1. The molecule has 6 heteroatoms. The number of hydrogen-bond acceptors (Lipinski definition) is 4. The van der Waals surface area contributed by atoms with Crippen LogP contribution in [0.5, 0.6) is 11.5 Å². The zero-order valence-corrected chi connectivity index (χ0v) is 16.3. The molecule has 2 aliphatic rings. The van der Waals surface area contributed by atoms with Crippen LogP contribution in [0.3, 0.4) is 0 Å². The first-order valence-corrected chi connectivity index (χ1v) is 9.28. The highest BCUT2D eigenvalue weighted by Crippen LogP contribution is 2.45. The smallest absolute Gasteiger partial charge is 0.311 e. The largest absolute Gasteiger partial charge is 0.487 e. The second-order valence-corrected chi connectivity index (χ2v) is 9.28. The Kier molecular flexibility index (Phi) is 4.46. The summed E-state index contributed by atoms with van der Waals surface area (Å²) in [6.45, 7) is 9.85. The molecule has 0 atom stereocenters. The Balaban J connectivity index is 1.78. The van der Waals surface area contributed by atoms with E-state index >= 15 is 0 Å². The number of fused-ring (bicyclic) bond motifs is 1. The third-order valence-electron chi connectivity index (χ3n) is 5.74. The van der Waals surface area contributed by atoms with E-state index in [4.69, 9.17) is 9.47 Å². The van der Waals surface area contributed by atoms with Crippen molar-refractivity contribution in [2.75, 3.05) is 0 Å². The topological polar surface area (TPSA) is 81.5 Å². The molecule has 1 aliphatic heterocycles. The first-order chi connectivity index (χ1) is 11.9. The molecular weight excluding hydrogens is 334 g/mol. The van der Waals surface area contributed by atoms with Crippen LogP contribution in [0.2, 0.25) is 0 Å². The number of nitro benzene ring substituents is 1. The molecule has 0 spiro atoms. The summed E-state index contributed by atoms with van der Waals surface area (Å²) in [7, 11) is 0. The molecule has 0 aromatic heterocycles. The number of hydrogen-bond donors (Lipinski definition) is 0. The molecule has 1 aromatic rings. The van der Waals surface area contributed by atoms with Crippen molar-refractivity contribution >= 4 is 5.69 Å². The third kappa shape index (κ3) is 3.52. The normalized spacial score (nSPS) is 27.5. The quantitative estimate of drug-likeness (QED) is 0.569. The van der Waals surface area contributed by atoms with Crippen molar-refractivity contribution in [1.29, 1.82) is 0 Å². The van der Waals surface area contributed by atoms with E-state index in [0.29, 0.717) is 37.9 Å². The Hall–Kier alpha value is -1.82. The maximum absolute atomic E-state index is 13.0. The van der Waals surface area contributed by atoms with E-state index in [1.165, 1.54) is 0 Å². The molecule has 26 heavy (non-hydrogen) atoms. The summed E-state index contributed by atoms with van der Waals surface area (Å²) in [5, 5.41) is 24.5. The van der Waals surface area contributed by atoms with Crippen LogP contribution in [0, 0.1) is 15.5 Å². The monoisotopic (exact) mass is 362 g/mol. The van der Waals surface area contributed by atoms with Crippen LogP contribution in [-0.2, 0) is 11.5 Å². The molecule has 1 radical (unpaired) electrons. The number of rotatable bonds is 3. The predicted molar refractivity (Wildman–Crippen MR) is 97.3 cm³/mol. The van der Waals surface area contributed by atoms with E-state index in [1.54, 1.807) is 12.1 Å². The molecule has 1 heterocycles. The molecule has 0 unspecified atom stereocenters. The molecule has 1 aromatic carbocycles. The Bertz CT molecular complexity index is 712. The Morgan fingerprint density at radius 1 is 1.23 bits per heavy atom. The maximum Gasteiger partial charge on any atom is 0.311 e. The third-order valence-corrected chi connectivity index (χ3v) is 5.74. The molecule has 3 rings (SSSR count). The average Bonchev–Trinajstić information content (AvgIpc) is 2.80. The molecule has 143 valence electrons. The fourth-order valence-corrected chi connectivity index (χ4v) is 3.96. The highest BCUT2D eigenvalue weighted by molar-refractivity contribution is 5.57. The van der Waals surface area contributed by atoms with Crippen molar-refractivity contribution in [2.24, 2.45) is 5.41 Å². The molecule has 1 saturated carbocycles. The van der Waals surface area contributed by atoms with Gasteiger partial charge in [-0.2, -0.15) is 0 Å². The van der Waals surface area contributed by atoms with Gasteiger partial charge in [-0.05, 0) is 44.9 Å². The standard InChI is InChI=1S/C20H28NO5/c1-18(2,3)20(22)8-6-14(7-9-20)25-17-11-16-13(10-15(17)21(23)24)12-19(4,5)26-16/h10-11,14H,6-9,12H2,1-5H3. The van der Waals surface area contributed by atoms with Crippen molar-refractivity contribution in [3.05, 3.63) is 27.8 Å². The minimum Gasteiger partial charge on any atom is -0.487 e. The van der Waals surface area contributed by atoms with Crippen LogP contribution in [-0.4, -0.2) is 22.2 Å². The summed E-state index contributed by atoms with van der Waals surface area (Å²) >= 11 is 0. The first kappa shape index (κ1) is 19.0. The first-order valence-electron chi connectivity index (χ1n) is 9.28. The van der Waals surface area contributed by atoms with Crippen LogP contribution >= 0.6 is 0 Å². The molecule has 1 aliphatic carbocycles. The van der Waals surface area contributed by atoms with E-state index in [0.717, 1.165) is 5.56 Å². The average molecular weight is 362 g/mol. The molecule has 0 bridgehead atoms. The van der Waals surface area contributed by atoms with Gasteiger partial charge in [0.15, 0.2) is 0 Å². The predicted octanol–water partition coefficient (Wildman–Crippen LogP) is 4.85. The van der Waals surface area contributed by atoms with Crippen molar-refractivity contribution in [3.63, 3.8) is 0 Å². The van der Waals surface area contributed by atoms with Crippen molar-refractivity contribution in [1.82, 2.24) is 0 Å². The highest BCUT2D eigenvalue weighted by Gasteiger charge is 2.45. The molecular formula is C20H28NO5. The van der Waals surface area contributed by atoms with E-state index < -0.39 is 10.5 Å². The minimum absolute atomic E-state index is 0.0279. The molecule has 6 nitrogen and oxygen atoms in total. The summed E-state index contributed by atoms with van der Waals surface area (Å²) < 4.78 is 11.9. The Morgan fingerprint density at radius 3 is 2.38 bits per heavy atom. The summed E-state index contributed by atoms with van der Waals surface area (Å²) in [5.41, 5.74) is -0.834. The molecule has 0 N–H and O–H groups in total. The zero-order chi connectivity index (χ0) is 19.3. The van der Waals surface area contributed by atoms with Gasteiger partial charge in [0.25, 0.3) is 0 Å². The number of ether oxygens (including phenoxy) is 2. The van der Waals surface area contributed by atoms with Crippen LogP contribution in [0.25, 0.3) is 0 Å². The van der Waals surface area contributed by atoms with E-state index in [1.807, 2.05) is 34.6 Å². The van der Waals surface area contributed by atoms with Crippen LogP contribution in [0.1, 0.15) is 65.9 Å². The van der Waals surface area contributed by atoms with Gasteiger partial charge in [-0.3, -0.25) is 10.1 Å². The second kappa shape index (κ2) is 6.12. The summed E-state index contributed by atoms with van der Waals surface area (Å²) in [5.74, 6) is 0.893. The fraction of sp³-hybridized carbons (Fsp3) is 0.700. The van der Waals surface area contributed by atoms with Crippen LogP contribution in [0.15, 0.2) is 12.1 Å². The van der Waals surface area contributed by atoms with Crippen molar-refractivity contribution in [2.45, 2.75) is 84.0 Å². The van der Waals surface area contributed by atoms with E-state index in [-0.39, 0.29) is 28.6 Å². The minimum atomic E-state index is -0.968. The lowest BCUT2D eigenvalue weighted by Gasteiger charge is -2.42. The molecule has 0 saturated heterocycles. The lowest BCUT2D eigenvalue weighted by molar-refractivity contribution is -0.386. The molecule has 0 amide bonds. The van der Waals surface area contributed by atoms with E-state index in [2.05, 4.69) is 0 Å². The van der Waals surface area contributed by atoms with Gasteiger partial charge in [0.1, 0.15) is 17.0 Å². The highest BCUT2D eigenvalue weighted by atomic mass is 16.6. The summed E-state index contributed by atoms with van der Waals surface area (Å²) in [6, 6.07) is 3.21. The second-order valence-electron chi connectivity index (χ2n) is 9.28. The lowest BCUT2D eigenvalue weighted by atomic mass is 9.68.